The van der Waals surface area contributed by atoms with E-state index in [2.05, 4.69) is 4.90 Å². The Bertz CT molecular complexity index is 1370. The summed E-state index contributed by atoms with van der Waals surface area (Å²) >= 11 is 0. The molecule has 182 valence electrons. The molecular weight excluding hydrogens is 466 g/mol. The van der Waals surface area contributed by atoms with Crippen molar-refractivity contribution in [3.05, 3.63) is 72.3 Å². The van der Waals surface area contributed by atoms with Crippen molar-refractivity contribution in [3.8, 4) is 23.0 Å². The highest BCUT2D eigenvalue weighted by molar-refractivity contribution is 7.89. The largest absolute Gasteiger partial charge is 0.497 e. The second kappa shape index (κ2) is 9.24. The third-order valence-electron chi connectivity index (χ3n) is 6.28. The number of para-hydroxylation sites is 3. The van der Waals surface area contributed by atoms with Crippen LogP contribution in [0.2, 0.25) is 0 Å². The molecule has 0 amide bonds. The molecule has 1 saturated heterocycles. The van der Waals surface area contributed by atoms with Crippen LogP contribution in [0.15, 0.2) is 76.6 Å². The summed E-state index contributed by atoms with van der Waals surface area (Å²) in [6, 6.07) is 19.5. The number of hydrogen-bond acceptors (Lipinski definition) is 7. The lowest BCUT2D eigenvalue weighted by atomic mass is 10.1. The van der Waals surface area contributed by atoms with Gasteiger partial charge in [-0.2, -0.15) is 4.31 Å². The predicted octanol–water partition coefficient (Wildman–Crippen LogP) is 4.28. The molecule has 0 saturated carbocycles. The van der Waals surface area contributed by atoms with Gasteiger partial charge in [-0.15, -0.1) is 0 Å². The van der Waals surface area contributed by atoms with E-state index in [1.54, 1.807) is 42.8 Å². The highest BCUT2D eigenvalue weighted by atomic mass is 32.2. The van der Waals surface area contributed by atoms with Gasteiger partial charge in [0, 0.05) is 25.7 Å². The first-order valence-corrected chi connectivity index (χ1v) is 12.8. The van der Waals surface area contributed by atoms with Gasteiger partial charge in [0.15, 0.2) is 17.2 Å². The van der Waals surface area contributed by atoms with Crippen LogP contribution in [0, 0.1) is 0 Å². The molecule has 0 aromatic heterocycles. The minimum Gasteiger partial charge on any atom is -0.497 e. The van der Waals surface area contributed by atoms with Crippen LogP contribution in [0.3, 0.4) is 0 Å². The molecule has 0 N–H and O–H groups in total. The number of ether oxygens (including phenoxy) is 3. The first-order chi connectivity index (χ1) is 16.9. The molecule has 0 aliphatic carbocycles. The molecule has 1 unspecified atom stereocenters. The van der Waals surface area contributed by atoms with Crippen LogP contribution in [0.5, 0.6) is 23.0 Å². The number of piperazine rings is 1. The minimum absolute atomic E-state index is 0.253. The molecule has 2 heterocycles. The predicted molar refractivity (Wildman–Crippen MR) is 134 cm³/mol. The molecule has 0 spiro atoms. The molecule has 1 atom stereocenters. The van der Waals surface area contributed by atoms with E-state index in [4.69, 9.17) is 19.2 Å². The first kappa shape index (κ1) is 23.2. The Morgan fingerprint density at radius 3 is 2.43 bits per heavy atom. The molecule has 2 aliphatic heterocycles. The Morgan fingerprint density at radius 2 is 1.71 bits per heavy atom. The number of benzene rings is 3. The van der Waals surface area contributed by atoms with E-state index >= 15 is 0 Å². The van der Waals surface area contributed by atoms with Gasteiger partial charge in [0.2, 0.25) is 10.0 Å². The quantitative estimate of drug-likeness (QED) is 0.540. The summed E-state index contributed by atoms with van der Waals surface area (Å²) in [5, 5.41) is 0. The smallest absolute Gasteiger partial charge is 0.243 e. The summed E-state index contributed by atoms with van der Waals surface area (Å²) in [7, 11) is -0.488. The average Bonchev–Trinajstić information content (AvgIpc) is 3.05. The molecule has 1 fully saturated rings. The van der Waals surface area contributed by atoms with Crippen molar-refractivity contribution in [2.45, 2.75) is 17.9 Å². The topological polar surface area (TPSA) is 80.7 Å². The van der Waals surface area contributed by atoms with Crippen LogP contribution in [-0.2, 0) is 10.0 Å². The van der Waals surface area contributed by atoms with E-state index in [0.717, 1.165) is 11.4 Å². The van der Waals surface area contributed by atoms with E-state index < -0.39 is 10.0 Å². The number of amidine groups is 1. The second-order valence-corrected chi connectivity index (χ2v) is 10.3. The normalized spacial score (nSPS) is 18.0. The SMILES string of the molecule is COc1ccc(S(=O)(=O)N2CCN(C3=Nc4ccccc4Oc4c(OC)cccc43)CC2C)cc1. The third kappa shape index (κ3) is 4.21. The molecular formula is C26H27N3O5S. The Balaban J connectivity index is 1.47. The maximum atomic E-state index is 13.4. The second-order valence-electron chi connectivity index (χ2n) is 8.43. The van der Waals surface area contributed by atoms with E-state index in [1.807, 2.05) is 49.4 Å². The van der Waals surface area contributed by atoms with E-state index in [9.17, 15) is 8.42 Å². The lowest BCUT2D eigenvalue weighted by Crippen LogP contribution is -2.55. The fraction of sp³-hybridized carbons (Fsp3) is 0.269. The number of methoxy groups -OCH3 is 2. The highest BCUT2D eigenvalue weighted by Gasteiger charge is 2.36. The summed E-state index contributed by atoms with van der Waals surface area (Å²) in [5.74, 6) is 3.20. The summed E-state index contributed by atoms with van der Waals surface area (Å²) < 4.78 is 45.3. The van der Waals surface area contributed by atoms with Gasteiger partial charge in [0.1, 0.15) is 17.3 Å². The molecule has 3 aromatic rings. The maximum absolute atomic E-state index is 13.4. The van der Waals surface area contributed by atoms with Crippen molar-refractivity contribution < 1.29 is 22.6 Å². The van der Waals surface area contributed by atoms with Gasteiger partial charge in [-0.25, -0.2) is 13.4 Å². The Labute approximate surface area is 205 Å². The zero-order chi connectivity index (χ0) is 24.6. The number of aliphatic imine (C=N–C) groups is 1. The Kier molecular flexibility index (Phi) is 6.12. The van der Waals surface area contributed by atoms with Gasteiger partial charge in [0.05, 0.1) is 24.7 Å². The zero-order valence-corrected chi connectivity index (χ0v) is 20.7. The number of fused-ring (bicyclic) bond motifs is 2. The minimum atomic E-state index is -3.65. The number of rotatable bonds is 4. The summed E-state index contributed by atoms with van der Waals surface area (Å²) in [6.07, 6.45) is 0. The van der Waals surface area contributed by atoms with Crippen LogP contribution < -0.4 is 14.2 Å². The number of sulfonamides is 1. The summed E-state index contributed by atoms with van der Waals surface area (Å²) in [5.41, 5.74) is 1.51. The van der Waals surface area contributed by atoms with Gasteiger partial charge in [0.25, 0.3) is 0 Å². The van der Waals surface area contributed by atoms with Crippen molar-refractivity contribution >= 4 is 21.5 Å². The number of nitrogens with zero attached hydrogens (tertiary/aromatic N) is 3. The van der Waals surface area contributed by atoms with Crippen LogP contribution in [0.4, 0.5) is 5.69 Å². The average molecular weight is 494 g/mol. The lowest BCUT2D eigenvalue weighted by molar-refractivity contribution is 0.205. The van der Waals surface area contributed by atoms with Crippen molar-refractivity contribution in [1.29, 1.82) is 0 Å². The fourth-order valence-electron chi connectivity index (χ4n) is 4.49. The molecule has 5 rings (SSSR count). The molecule has 2 aliphatic rings. The standard InChI is InChI=1S/C26H27N3O5S/c1-18-17-28(15-16-29(18)35(30,31)20-13-11-19(32-2)12-14-20)26-21-7-6-10-24(33-3)25(21)34-23-9-5-4-8-22(23)27-26/h4-14,18H,15-17H2,1-3H3. The third-order valence-corrected chi connectivity index (χ3v) is 8.30. The van der Waals surface area contributed by atoms with Gasteiger partial charge < -0.3 is 19.1 Å². The molecule has 35 heavy (non-hydrogen) atoms. The molecule has 8 nitrogen and oxygen atoms in total. The van der Waals surface area contributed by atoms with Crippen molar-refractivity contribution in [3.63, 3.8) is 0 Å². The van der Waals surface area contributed by atoms with Gasteiger partial charge in [-0.3, -0.25) is 0 Å². The van der Waals surface area contributed by atoms with Crippen LogP contribution in [0.1, 0.15) is 12.5 Å². The van der Waals surface area contributed by atoms with Crippen molar-refractivity contribution in [2.24, 2.45) is 4.99 Å². The Hall–Kier alpha value is -3.56. The van der Waals surface area contributed by atoms with Crippen LogP contribution >= 0.6 is 0 Å². The lowest BCUT2D eigenvalue weighted by Gasteiger charge is -2.40. The fourth-order valence-corrected chi connectivity index (χ4v) is 6.11. The van der Waals surface area contributed by atoms with Crippen LogP contribution in [-0.4, -0.2) is 63.4 Å². The van der Waals surface area contributed by atoms with E-state index in [-0.39, 0.29) is 10.9 Å². The number of hydrogen-bond donors (Lipinski definition) is 0. The van der Waals surface area contributed by atoms with Gasteiger partial charge in [-0.1, -0.05) is 18.2 Å². The van der Waals surface area contributed by atoms with Gasteiger partial charge in [-0.05, 0) is 55.5 Å². The van der Waals surface area contributed by atoms with Crippen molar-refractivity contribution in [1.82, 2.24) is 9.21 Å². The Morgan fingerprint density at radius 1 is 0.943 bits per heavy atom. The maximum Gasteiger partial charge on any atom is 0.243 e. The van der Waals surface area contributed by atoms with E-state index in [0.29, 0.717) is 48.3 Å². The molecule has 3 aromatic carbocycles. The monoisotopic (exact) mass is 493 g/mol. The molecule has 9 heteroatoms. The highest BCUT2D eigenvalue weighted by Crippen LogP contribution is 2.43. The van der Waals surface area contributed by atoms with E-state index in [1.165, 1.54) is 0 Å². The van der Waals surface area contributed by atoms with Crippen LogP contribution in [0.25, 0.3) is 0 Å². The van der Waals surface area contributed by atoms with Crippen molar-refractivity contribution in [2.75, 3.05) is 33.9 Å². The summed E-state index contributed by atoms with van der Waals surface area (Å²) in [4.78, 5) is 7.33. The molecule has 0 radical (unpaired) electrons. The first-order valence-electron chi connectivity index (χ1n) is 11.4. The molecule has 0 bridgehead atoms. The zero-order valence-electron chi connectivity index (χ0n) is 19.8. The summed E-state index contributed by atoms with van der Waals surface area (Å²) in [6.45, 7) is 3.21. The van der Waals surface area contributed by atoms with Gasteiger partial charge >= 0.3 is 0 Å².